The van der Waals surface area contributed by atoms with Crippen molar-refractivity contribution in [3.05, 3.63) is 39.9 Å². The summed E-state index contributed by atoms with van der Waals surface area (Å²) in [6.07, 6.45) is 0. The third-order valence-corrected chi connectivity index (χ3v) is 5.46. The average molecular weight is 403 g/mol. The van der Waals surface area contributed by atoms with Crippen molar-refractivity contribution in [1.29, 1.82) is 5.26 Å². The Hall–Kier alpha value is -0.910. The van der Waals surface area contributed by atoms with Crippen molar-refractivity contribution in [3.63, 3.8) is 0 Å². The van der Waals surface area contributed by atoms with Gasteiger partial charge in [0.1, 0.15) is 6.54 Å². The number of amides is 1. The summed E-state index contributed by atoms with van der Waals surface area (Å²) in [6, 6.07) is 6.64. The minimum Gasteiger partial charge on any atom is -0.268 e. The molecule has 0 aliphatic carbocycles. The SMILES string of the molecule is N#CCN(SC(Cl)(Cl)C(Cl)Cl)C(=O)c1ccc([N+](=O)[O-])cc1. The fraction of sp³-hybridized carbons (Fsp3) is 0.273. The molecule has 0 aliphatic rings. The molecule has 11 heteroatoms. The number of hydrogen-bond acceptors (Lipinski definition) is 5. The van der Waals surface area contributed by atoms with Gasteiger partial charge in [0, 0.05) is 17.7 Å². The molecule has 0 bridgehead atoms. The van der Waals surface area contributed by atoms with E-state index < -0.39 is 19.3 Å². The largest absolute Gasteiger partial charge is 0.269 e. The molecular formula is C11H7Cl4N3O3S. The quantitative estimate of drug-likeness (QED) is 0.234. The van der Waals surface area contributed by atoms with E-state index in [0.717, 1.165) is 4.31 Å². The lowest BCUT2D eigenvalue weighted by molar-refractivity contribution is -0.384. The van der Waals surface area contributed by atoms with Crippen molar-refractivity contribution in [2.24, 2.45) is 0 Å². The van der Waals surface area contributed by atoms with Gasteiger partial charge in [-0.3, -0.25) is 19.2 Å². The summed E-state index contributed by atoms with van der Waals surface area (Å²) in [5.74, 6) is -0.610. The van der Waals surface area contributed by atoms with Gasteiger partial charge < -0.3 is 0 Å². The van der Waals surface area contributed by atoms with Crippen LogP contribution in [0, 0.1) is 21.4 Å². The van der Waals surface area contributed by atoms with Crippen LogP contribution >= 0.6 is 58.4 Å². The molecule has 0 saturated heterocycles. The molecule has 0 N–H and O–H groups in total. The van der Waals surface area contributed by atoms with Crippen molar-refractivity contribution in [2.45, 2.75) is 8.50 Å². The maximum atomic E-state index is 12.3. The van der Waals surface area contributed by atoms with Crippen LogP contribution in [0.5, 0.6) is 0 Å². The molecule has 1 aromatic rings. The van der Waals surface area contributed by atoms with E-state index in [4.69, 9.17) is 51.7 Å². The molecule has 1 rings (SSSR count). The van der Waals surface area contributed by atoms with Crippen LogP contribution in [0.25, 0.3) is 0 Å². The lowest BCUT2D eigenvalue weighted by Gasteiger charge is -2.27. The van der Waals surface area contributed by atoms with E-state index in [1.165, 1.54) is 24.3 Å². The van der Waals surface area contributed by atoms with E-state index in [-0.39, 0.29) is 17.8 Å². The number of nitro benzene ring substituents is 1. The molecule has 0 atom stereocenters. The average Bonchev–Trinajstić information content (AvgIpc) is 2.45. The highest BCUT2D eigenvalue weighted by Crippen LogP contribution is 2.44. The second kappa shape index (κ2) is 8.09. The number of rotatable bonds is 6. The van der Waals surface area contributed by atoms with Gasteiger partial charge in [-0.15, -0.1) is 23.2 Å². The van der Waals surface area contributed by atoms with Gasteiger partial charge in [-0.05, 0) is 24.1 Å². The van der Waals surface area contributed by atoms with Crippen LogP contribution < -0.4 is 0 Å². The van der Waals surface area contributed by atoms with Crippen LogP contribution in [-0.2, 0) is 0 Å². The molecule has 6 nitrogen and oxygen atoms in total. The topological polar surface area (TPSA) is 87.2 Å². The third kappa shape index (κ3) is 5.07. The number of halogens is 4. The standard InChI is InChI=1S/C11H7Cl4N3O3S/c12-10(13)11(14,15)22-17(6-5-16)9(19)7-1-3-8(4-2-7)18(20)21/h1-4,10H,6H2. The second-order valence-corrected chi connectivity index (χ2v) is 7.96. The number of nitriles is 1. The summed E-state index contributed by atoms with van der Waals surface area (Å²) in [6.45, 7) is -0.331. The Morgan fingerprint density at radius 2 is 1.95 bits per heavy atom. The lowest BCUT2D eigenvalue weighted by atomic mass is 10.2. The fourth-order valence-corrected chi connectivity index (χ4v) is 2.69. The number of alkyl halides is 4. The van der Waals surface area contributed by atoms with Gasteiger partial charge in [0.15, 0.2) is 4.84 Å². The highest BCUT2D eigenvalue weighted by atomic mass is 35.5. The first-order valence-corrected chi connectivity index (χ1v) is 7.87. The number of benzene rings is 1. The minimum atomic E-state index is -1.74. The molecule has 0 unspecified atom stereocenters. The van der Waals surface area contributed by atoms with Crippen LogP contribution in [0.3, 0.4) is 0 Å². The van der Waals surface area contributed by atoms with E-state index in [0.29, 0.717) is 11.9 Å². The monoisotopic (exact) mass is 401 g/mol. The van der Waals surface area contributed by atoms with Crippen LogP contribution in [0.15, 0.2) is 24.3 Å². The van der Waals surface area contributed by atoms with Gasteiger partial charge in [-0.25, -0.2) is 0 Å². The number of carbonyl (C=O) groups excluding carboxylic acids is 1. The normalized spacial score (nSPS) is 11.1. The van der Waals surface area contributed by atoms with Crippen molar-refractivity contribution >= 4 is 69.9 Å². The molecule has 0 heterocycles. The Bertz CT molecular complexity index is 604. The number of carbonyl (C=O) groups is 1. The first kappa shape index (κ1) is 19.1. The molecule has 22 heavy (non-hydrogen) atoms. The molecule has 0 saturated carbocycles. The number of nitro groups is 1. The number of hydrogen-bond donors (Lipinski definition) is 0. The highest BCUT2D eigenvalue weighted by molar-refractivity contribution is 8.01. The van der Waals surface area contributed by atoms with Crippen molar-refractivity contribution in [1.82, 2.24) is 4.31 Å². The first-order valence-electron chi connectivity index (χ1n) is 5.47. The van der Waals surface area contributed by atoms with E-state index in [1.54, 1.807) is 6.07 Å². The number of non-ortho nitro benzene ring substituents is 1. The van der Waals surface area contributed by atoms with Crippen LogP contribution in [0.1, 0.15) is 10.4 Å². The van der Waals surface area contributed by atoms with E-state index in [1.807, 2.05) is 0 Å². The van der Waals surface area contributed by atoms with E-state index in [2.05, 4.69) is 0 Å². The Labute approximate surface area is 150 Å². The Kier molecular flexibility index (Phi) is 7.03. The molecule has 1 amide bonds. The Morgan fingerprint density at radius 3 is 2.36 bits per heavy atom. The predicted octanol–water partition coefficient (Wildman–Crippen LogP) is 4.14. The van der Waals surface area contributed by atoms with E-state index >= 15 is 0 Å². The lowest BCUT2D eigenvalue weighted by Crippen LogP contribution is -2.31. The Morgan fingerprint density at radius 1 is 1.41 bits per heavy atom. The fourth-order valence-electron chi connectivity index (χ4n) is 1.27. The molecule has 0 fully saturated rings. The first-order chi connectivity index (χ1) is 10.2. The number of nitrogens with zero attached hydrogens (tertiary/aromatic N) is 3. The minimum absolute atomic E-state index is 0.123. The Balaban J connectivity index is 2.98. The zero-order valence-corrected chi connectivity index (χ0v) is 14.4. The molecule has 118 valence electrons. The summed E-state index contributed by atoms with van der Waals surface area (Å²) < 4.78 is -0.769. The second-order valence-electron chi connectivity index (χ2n) is 3.76. The highest BCUT2D eigenvalue weighted by Gasteiger charge is 2.37. The maximum Gasteiger partial charge on any atom is 0.269 e. The smallest absolute Gasteiger partial charge is 0.268 e. The van der Waals surface area contributed by atoms with E-state index in [9.17, 15) is 14.9 Å². The zero-order valence-electron chi connectivity index (χ0n) is 10.6. The zero-order chi connectivity index (χ0) is 16.9. The molecule has 0 aliphatic heterocycles. The van der Waals surface area contributed by atoms with Gasteiger partial charge in [0.2, 0.25) is 3.67 Å². The summed E-state index contributed by atoms with van der Waals surface area (Å²) >= 11 is 23.5. The van der Waals surface area contributed by atoms with Crippen molar-refractivity contribution < 1.29 is 9.72 Å². The molecule has 0 aromatic heterocycles. The third-order valence-electron chi connectivity index (χ3n) is 2.25. The summed E-state index contributed by atoms with van der Waals surface area (Å²) in [5, 5.41) is 19.4. The van der Waals surface area contributed by atoms with Crippen molar-refractivity contribution in [3.8, 4) is 6.07 Å². The van der Waals surface area contributed by atoms with Crippen LogP contribution in [0.2, 0.25) is 0 Å². The van der Waals surface area contributed by atoms with Crippen LogP contribution in [0.4, 0.5) is 5.69 Å². The summed E-state index contributed by atoms with van der Waals surface area (Å²) in [5.41, 5.74) is -0.0418. The summed E-state index contributed by atoms with van der Waals surface area (Å²) in [7, 11) is 0. The molecule has 0 spiro atoms. The summed E-state index contributed by atoms with van der Waals surface area (Å²) in [4.78, 5) is 21.1. The van der Waals surface area contributed by atoms with Gasteiger partial charge in [0.25, 0.3) is 11.6 Å². The van der Waals surface area contributed by atoms with Crippen LogP contribution in [-0.4, -0.2) is 30.2 Å². The van der Waals surface area contributed by atoms with Gasteiger partial charge in [-0.2, -0.15) is 5.26 Å². The maximum absolute atomic E-state index is 12.3. The molecular weight excluding hydrogens is 396 g/mol. The predicted molar refractivity (Wildman–Crippen MR) is 87.3 cm³/mol. The van der Waals surface area contributed by atoms with Gasteiger partial charge in [-0.1, -0.05) is 23.2 Å². The van der Waals surface area contributed by atoms with Gasteiger partial charge in [0.05, 0.1) is 11.0 Å². The molecule has 1 aromatic carbocycles. The van der Waals surface area contributed by atoms with Gasteiger partial charge >= 0.3 is 0 Å². The molecule has 0 radical (unpaired) electrons. The van der Waals surface area contributed by atoms with Crippen molar-refractivity contribution in [2.75, 3.05) is 6.54 Å².